The van der Waals surface area contributed by atoms with Gasteiger partial charge in [0.05, 0.1) is 19.8 Å². The number of nitrogens with one attached hydrogen (secondary N) is 1. The maximum absolute atomic E-state index is 12.2. The first-order chi connectivity index (χ1) is 14.1. The molecule has 5 heteroatoms. The van der Waals surface area contributed by atoms with Gasteiger partial charge in [-0.05, 0) is 50.7 Å². The lowest BCUT2D eigenvalue weighted by Crippen LogP contribution is -2.57. The van der Waals surface area contributed by atoms with Gasteiger partial charge < -0.3 is 20.6 Å². The van der Waals surface area contributed by atoms with Gasteiger partial charge in [-0.1, -0.05) is 54.6 Å². The second-order valence-electron chi connectivity index (χ2n) is 7.74. The van der Waals surface area contributed by atoms with E-state index in [0.717, 1.165) is 6.42 Å². The predicted octanol–water partition coefficient (Wildman–Crippen LogP) is 2.74. The molecule has 29 heavy (non-hydrogen) atoms. The number of amides is 1. The Labute approximate surface area is 168 Å². The van der Waals surface area contributed by atoms with Crippen LogP contribution in [0, 0.1) is 0 Å². The minimum atomic E-state index is -1.37. The standard InChI is InChI=1S/C24H25NO4/c26-13-24(14-27,15-28)25-21(29)6-2-3-16-7-8-19-10-9-17-4-1-5-18-11-12-20(16)23(19)22(17)18/h1,4-5,7-12,26-28H,2-3,6,13-15H2,(H,25,29). The number of carbonyl (C=O) groups excluding carboxylic acids is 1. The van der Waals surface area contributed by atoms with Crippen LogP contribution in [0.5, 0.6) is 0 Å². The highest BCUT2D eigenvalue weighted by atomic mass is 16.3. The number of hydrogen-bond acceptors (Lipinski definition) is 4. The van der Waals surface area contributed by atoms with E-state index < -0.39 is 25.4 Å². The first-order valence-electron chi connectivity index (χ1n) is 9.90. The van der Waals surface area contributed by atoms with Gasteiger partial charge >= 0.3 is 0 Å². The summed E-state index contributed by atoms with van der Waals surface area (Å²) in [7, 11) is 0. The molecule has 0 aliphatic heterocycles. The predicted molar refractivity (Wildman–Crippen MR) is 115 cm³/mol. The average Bonchev–Trinajstić information content (AvgIpc) is 2.76. The van der Waals surface area contributed by atoms with E-state index >= 15 is 0 Å². The zero-order valence-corrected chi connectivity index (χ0v) is 16.2. The van der Waals surface area contributed by atoms with E-state index in [0.29, 0.717) is 6.42 Å². The van der Waals surface area contributed by atoms with Crippen LogP contribution in [-0.4, -0.2) is 46.6 Å². The Balaban J connectivity index is 1.55. The van der Waals surface area contributed by atoms with Crippen LogP contribution in [-0.2, 0) is 11.2 Å². The van der Waals surface area contributed by atoms with Gasteiger partial charge in [-0.15, -0.1) is 0 Å². The molecule has 4 rings (SSSR count). The number of rotatable bonds is 8. The number of carbonyl (C=O) groups is 1. The van der Waals surface area contributed by atoms with E-state index in [9.17, 15) is 20.1 Å². The normalized spacial score (nSPS) is 12.2. The Bertz CT molecular complexity index is 1130. The van der Waals surface area contributed by atoms with Crippen molar-refractivity contribution in [3.63, 3.8) is 0 Å². The summed E-state index contributed by atoms with van der Waals surface area (Å²) in [5.74, 6) is -0.292. The molecule has 0 unspecified atom stereocenters. The summed E-state index contributed by atoms with van der Waals surface area (Å²) in [5, 5.41) is 38.0. The van der Waals surface area contributed by atoms with Gasteiger partial charge in [0, 0.05) is 6.42 Å². The van der Waals surface area contributed by atoms with Crippen molar-refractivity contribution in [2.45, 2.75) is 24.8 Å². The van der Waals surface area contributed by atoms with Gasteiger partial charge in [-0.3, -0.25) is 4.79 Å². The van der Waals surface area contributed by atoms with Crippen molar-refractivity contribution in [2.24, 2.45) is 0 Å². The second kappa shape index (κ2) is 7.95. The molecular formula is C24H25NO4. The Kier molecular flexibility index (Phi) is 5.37. The van der Waals surface area contributed by atoms with Crippen LogP contribution in [0.25, 0.3) is 32.3 Å². The highest BCUT2D eigenvalue weighted by molar-refractivity contribution is 6.23. The molecule has 1 amide bonds. The Morgan fingerprint density at radius 2 is 1.38 bits per heavy atom. The lowest BCUT2D eigenvalue weighted by atomic mass is 9.90. The largest absolute Gasteiger partial charge is 0.394 e. The van der Waals surface area contributed by atoms with E-state index in [2.05, 4.69) is 59.9 Å². The third kappa shape index (κ3) is 3.53. The van der Waals surface area contributed by atoms with Gasteiger partial charge in [0.2, 0.25) is 5.91 Å². The van der Waals surface area contributed by atoms with E-state index in [1.54, 1.807) is 0 Å². The Hall–Kier alpha value is -2.73. The molecule has 4 aromatic rings. The molecule has 0 aromatic heterocycles. The van der Waals surface area contributed by atoms with Crippen LogP contribution < -0.4 is 5.32 Å². The molecule has 0 aliphatic carbocycles. The SMILES string of the molecule is O=C(CCCc1ccc2ccc3cccc4ccc1c2c34)NC(CO)(CO)CO. The van der Waals surface area contributed by atoms with Gasteiger partial charge in [0.25, 0.3) is 0 Å². The molecule has 0 atom stereocenters. The zero-order chi connectivity index (χ0) is 20.4. The van der Waals surface area contributed by atoms with Gasteiger partial charge in [0.15, 0.2) is 0 Å². The first kappa shape index (κ1) is 19.6. The Morgan fingerprint density at radius 1 is 0.793 bits per heavy atom. The summed E-state index contributed by atoms with van der Waals surface area (Å²) in [6.07, 6.45) is 1.63. The van der Waals surface area contributed by atoms with Crippen molar-refractivity contribution >= 4 is 38.2 Å². The van der Waals surface area contributed by atoms with Crippen LogP contribution >= 0.6 is 0 Å². The Morgan fingerprint density at radius 3 is 2.03 bits per heavy atom. The summed E-state index contributed by atoms with van der Waals surface area (Å²) in [4.78, 5) is 12.2. The fourth-order valence-corrected chi connectivity index (χ4v) is 4.08. The van der Waals surface area contributed by atoms with Crippen LogP contribution in [0.4, 0.5) is 0 Å². The molecule has 4 N–H and O–H groups in total. The highest BCUT2D eigenvalue weighted by Gasteiger charge is 2.29. The average molecular weight is 391 g/mol. The van der Waals surface area contributed by atoms with Crippen molar-refractivity contribution in [3.05, 3.63) is 60.2 Å². The molecule has 0 bridgehead atoms. The van der Waals surface area contributed by atoms with Crippen LogP contribution in [0.1, 0.15) is 18.4 Å². The molecule has 0 aliphatic rings. The molecule has 0 fully saturated rings. The molecule has 4 aromatic carbocycles. The zero-order valence-electron chi connectivity index (χ0n) is 16.2. The van der Waals surface area contributed by atoms with Gasteiger partial charge in [0.1, 0.15) is 5.54 Å². The molecule has 5 nitrogen and oxygen atoms in total. The van der Waals surface area contributed by atoms with Crippen molar-refractivity contribution in [1.29, 1.82) is 0 Å². The summed E-state index contributed by atoms with van der Waals surface area (Å²) in [5.41, 5.74) is -0.175. The molecule has 0 radical (unpaired) electrons. The van der Waals surface area contributed by atoms with E-state index in [1.165, 1.54) is 37.9 Å². The summed E-state index contributed by atoms with van der Waals surface area (Å²) in [6.45, 7) is -1.54. The minimum absolute atomic E-state index is 0.254. The van der Waals surface area contributed by atoms with E-state index in [-0.39, 0.29) is 12.3 Å². The van der Waals surface area contributed by atoms with Crippen LogP contribution in [0.2, 0.25) is 0 Å². The number of aliphatic hydroxyl groups is 3. The molecule has 0 spiro atoms. The van der Waals surface area contributed by atoms with Crippen molar-refractivity contribution in [3.8, 4) is 0 Å². The molecule has 150 valence electrons. The fourth-order valence-electron chi connectivity index (χ4n) is 4.08. The molecular weight excluding hydrogens is 366 g/mol. The quantitative estimate of drug-likeness (QED) is 0.348. The van der Waals surface area contributed by atoms with Crippen molar-refractivity contribution in [2.75, 3.05) is 19.8 Å². The monoisotopic (exact) mass is 391 g/mol. The van der Waals surface area contributed by atoms with E-state index in [1.807, 2.05) is 0 Å². The third-order valence-corrected chi connectivity index (χ3v) is 5.78. The molecule has 0 saturated heterocycles. The maximum atomic E-state index is 12.2. The minimum Gasteiger partial charge on any atom is -0.394 e. The number of aliphatic hydroxyl groups excluding tert-OH is 3. The number of benzene rings is 4. The second-order valence-corrected chi connectivity index (χ2v) is 7.74. The number of hydrogen-bond donors (Lipinski definition) is 4. The maximum Gasteiger partial charge on any atom is 0.220 e. The topological polar surface area (TPSA) is 89.8 Å². The smallest absolute Gasteiger partial charge is 0.220 e. The lowest BCUT2D eigenvalue weighted by molar-refractivity contribution is -0.125. The fraction of sp³-hybridized carbons (Fsp3) is 0.292. The van der Waals surface area contributed by atoms with E-state index in [4.69, 9.17) is 0 Å². The highest BCUT2D eigenvalue weighted by Crippen LogP contribution is 2.36. The van der Waals surface area contributed by atoms with Crippen LogP contribution in [0.3, 0.4) is 0 Å². The first-order valence-corrected chi connectivity index (χ1v) is 9.90. The van der Waals surface area contributed by atoms with Crippen molar-refractivity contribution < 1.29 is 20.1 Å². The summed E-state index contributed by atoms with van der Waals surface area (Å²) < 4.78 is 0. The van der Waals surface area contributed by atoms with Crippen molar-refractivity contribution in [1.82, 2.24) is 5.32 Å². The number of aryl methyl sites for hydroxylation is 1. The van der Waals surface area contributed by atoms with Gasteiger partial charge in [-0.2, -0.15) is 0 Å². The van der Waals surface area contributed by atoms with Crippen LogP contribution in [0.15, 0.2) is 54.6 Å². The summed E-state index contributed by atoms with van der Waals surface area (Å²) in [6, 6.07) is 19.2. The third-order valence-electron chi connectivity index (χ3n) is 5.78. The molecule has 0 saturated carbocycles. The molecule has 0 heterocycles. The van der Waals surface area contributed by atoms with Gasteiger partial charge in [-0.25, -0.2) is 0 Å². The lowest BCUT2D eigenvalue weighted by Gasteiger charge is -2.28. The summed E-state index contributed by atoms with van der Waals surface area (Å²) >= 11 is 0.